The van der Waals surface area contributed by atoms with Crippen molar-refractivity contribution in [2.24, 2.45) is 0 Å². The molecule has 0 saturated carbocycles. The van der Waals surface area contributed by atoms with Crippen LogP contribution in [0.2, 0.25) is 0 Å². The lowest BCUT2D eigenvalue weighted by Gasteiger charge is -2.31. The third-order valence-electron chi connectivity index (χ3n) is 14.4. The molecule has 63 heavy (non-hydrogen) atoms. The molecule has 0 N–H and O–H groups in total. The SMILES string of the molecule is c1ccc2c(c1)-c1ccccc1C21c2ccc3ccccc3c2-c2ccc3cc(-c4c5ccccc5c(-c5ccc(-c6ccc7ccccc7c6)cc5)c5ccccc45)ccc3c21. The van der Waals surface area contributed by atoms with Gasteiger partial charge >= 0.3 is 0 Å². The van der Waals surface area contributed by atoms with Crippen LogP contribution >= 0.6 is 0 Å². The largest absolute Gasteiger partial charge is 0.0731 e. The van der Waals surface area contributed by atoms with Gasteiger partial charge in [-0.05, 0) is 144 Å². The first-order valence-electron chi connectivity index (χ1n) is 22.1. The maximum atomic E-state index is 2.46. The van der Waals surface area contributed by atoms with Crippen molar-refractivity contribution < 1.29 is 0 Å². The molecule has 12 aromatic carbocycles. The summed E-state index contributed by atoms with van der Waals surface area (Å²) in [7, 11) is 0. The van der Waals surface area contributed by atoms with Gasteiger partial charge in [0.2, 0.25) is 0 Å². The molecule has 0 unspecified atom stereocenters. The molecule has 0 radical (unpaired) electrons. The van der Waals surface area contributed by atoms with Gasteiger partial charge in [0, 0.05) is 0 Å². The zero-order chi connectivity index (χ0) is 41.2. The molecule has 2 aliphatic carbocycles. The topological polar surface area (TPSA) is 0 Å². The Hall–Kier alpha value is -8.06. The first-order valence-corrected chi connectivity index (χ1v) is 22.1. The Kier molecular flexibility index (Phi) is 7.13. The number of hydrogen-bond donors (Lipinski definition) is 0. The van der Waals surface area contributed by atoms with E-state index in [-0.39, 0.29) is 0 Å². The van der Waals surface area contributed by atoms with Crippen LogP contribution in [0.5, 0.6) is 0 Å². The van der Waals surface area contributed by atoms with E-state index in [1.54, 1.807) is 0 Å². The second-order valence-electron chi connectivity index (χ2n) is 17.5. The molecule has 0 nitrogen and oxygen atoms in total. The third-order valence-corrected chi connectivity index (χ3v) is 14.4. The Labute approximate surface area is 366 Å². The van der Waals surface area contributed by atoms with Crippen LogP contribution in [0.25, 0.3) is 109 Å². The van der Waals surface area contributed by atoms with Crippen molar-refractivity contribution in [2.75, 3.05) is 0 Å². The number of fused-ring (bicyclic) bond motifs is 17. The van der Waals surface area contributed by atoms with Crippen molar-refractivity contribution in [1.29, 1.82) is 0 Å². The van der Waals surface area contributed by atoms with Crippen molar-refractivity contribution in [2.45, 2.75) is 5.41 Å². The van der Waals surface area contributed by atoms with Gasteiger partial charge in [-0.2, -0.15) is 0 Å². The highest BCUT2D eigenvalue weighted by Crippen LogP contribution is 2.65. The molecule has 290 valence electrons. The van der Waals surface area contributed by atoms with Crippen molar-refractivity contribution >= 4 is 53.9 Å². The van der Waals surface area contributed by atoms with E-state index in [2.05, 4.69) is 231 Å². The molecule has 0 aliphatic heterocycles. The highest BCUT2D eigenvalue weighted by Gasteiger charge is 2.52. The Morgan fingerprint density at radius 1 is 0.222 bits per heavy atom. The fourth-order valence-corrected chi connectivity index (χ4v) is 11.8. The summed E-state index contributed by atoms with van der Waals surface area (Å²) in [4.78, 5) is 0. The summed E-state index contributed by atoms with van der Waals surface area (Å²) < 4.78 is 0. The molecule has 2 aliphatic rings. The average molecular weight is 795 g/mol. The number of rotatable bonds is 3. The normalized spacial score (nSPS) is 13.2. The van der Waals surface area contributed by atoms with Gasteiger partial charge in [0.25, 0.3) is 0 Å². The molecule has 1 spiro atoms. The fraction of sp³-hybridized carbons (Fsp3) is 0.0159. The minimum atomic E-state index is -0.437. The molecule has 0 saturated heterocycles. The van der Waals surface area contributed by atoms with Crippen molar-refractivity contribution in [3.8, 4) is 55.6 Å². The molecule has 0 amide bonds. The van der Waals surface area contributed by atoms with Crippen LogP contribution in [-0.4, -0.2) is 0 Å². The van der Waals surface area contributed by atoms with E-state index < -0.39 is 5.41 Å². The smallest absolute Gasteiger partial charge is 0.0619 e. The molecule has 0 bridgehead atoms. The summed E-state index contributed by atoms with van der Waals surface area (Å²) >= 11 is 0. The van der Waals surface area contributed by atoms with Crippen LogP contribution in [0.1, 0.15) is 22.3 Å². The molecular formula is C63H38. The van der Waals surface area contributed by atoms with E-state index >= 15 is 0 Å². The average Bonchev–Trinajstić information content (AvgIpc) is 3.83. The van der Waals surface area contributed by atoms with Crippen molar-refractivity contribution in [3.63, 3.8) is 0 Å². The summed E-state index contributed by atoms with van der Waals surface area (Å²) in [6.07, 6.45) is 0. The Balaban J connectivity index is 0.986. The predicted octanol–water partition coefficient (Wildman–Crippen LogP) is 16.8. The molecule has 0 fully saturated rings. The van der Waals surface area contributed by atoms with Crippen molar-refractivity contribution in [3.05, 3.63) is 253 Å². The molecule has 14 rings (SSSR count). The van der Waals surface area contributed by atoms with Gasteiger partial charge in [-0.15, -0.1) is 0 Å². The van der Waals surface area contributed by atoms with E-state index in [9.17, 15) is 0 Å². The third kappa shape index (κ3) is 4.70. The minimum absolute atomic E-state index is 0.437. The first kappa shape index (κ1) is 34.6. The number of benzene rings is 12. The predicted molar refractivity (Wildman–Crippen MR) is 267 cm³/mol. The van der Waals surface area contributed by atoms with Gasteiger partial charge in [0.1, 0.15) is 0 Å². The van der Waals surface area contributed by atoms with Gasteiger partial charge in [0.05, 0.1) is 5.41 Å². The molecule has 0 atom stereocenters. The van der Waals surface area contributed by atoms with Crippen LogP contribution in [0.4, 0.5) is 0 Å². The van der Waals surface area contributed by atoms with Gasteiger partial charge in [-0.1, -0.05) is 218 Å². The van der Waals surface area contributed by atoms with E-state index in [1.807, 2.05) is 0 Å². The van der Waals surface area contributed by atoms with Crippen molar-refractivity contribution in [1.82, 2.24) is 0 Å². The lowest BCUT2D eigenvalue weighted by Crippen LogP contribution is -2.26. The van der Waals surface area contributed by atoms with Crippen LogP contribution in [-0.2, 0) is 5.41 Å². The summed E-state index contributed by atoms with van der Waals surface area (Å²) in [6, 6.07) is 86.6. The van der Waals surface area contributed by atoms with Gasteiger partial charge in [-0.3, -0.25) is 0 Å². The summed E-state index contributed by atoms with van der Waals surface area (Å²) in [6.45, 7) is 0. The van der Waals surface area contributed by atoms with Crippen LogP contribution < -0.4 is 0 Å². The van der Waals surface area contributed by atoms with Gasteiger partial charge < -0.3 is 0 Å². The molecule has 12 aromatic rings. The van der Waals surface area contributed by atoms with E-state index in [0.717, 1.165) is 0 Å². The quantitative estimate of drug-likeness (QED) is 0.156. The Bertz CT molecular complexity index is 3800. The summed E-state index contributed by atoms with van der Waals surface area (Å²) in [5.74, 6) is 0. The molecular weight excluding hydrogens is 757 g/mol. The summed E-state index contributed by atoms with van der Waals surface area (Å²) in [5, 5.41) is 12.7. The standard InChI is InChI=1S/C63H38/c1-2-15-43-37-44(30-27-39(43)13-1)40-25-28-42(29-26-40)59-51-19-5-7-21-53(51)60(54-22-8-6-20-52(54)59)46-32-34-48-45(38-46)31-35-55-61-47-16-4-3-14-41(47)33-36-58(61)63(62(48)55)56-23-11-9-17-49(56)50-18-10-12-24-57(50)63/h1-38H. The maximum absolute atomic E-state index is 2.46. The minimum Gasteiger partial charge on any atom is -0.0619 e. The Morgan fingerprint density at radius 3 is 1.38 bits per heavy atom. The first-order chi connectivity index (χ1) is 31.3. The molecule has 0 heteroatoms. The van der Waals surface area contributed by atoms with Crippen LogP contribution in [0.3, 0.4) is 0 Å². The zero-order valence-electron chi connectivity index (χ0n) is 34.4. The lowest BCUT2D eigenvalue weighted by atomic mass is 9.69. The highest BCUT2D eigenvalue weighted by molar-refractivity contribution is 6.22. The van der Waals surface area contributed by atoms with Crippen LogP contribution in [0, 0.1) is 0 Å². The molecule has 0 heterocycles. The maximum Gasteiger partial charge on any atom is 0.0731 e. The van der Waals surface area contributed by atoms with E-state index in [0.29, 0.717) is 0 Å². The fourth-order valence-electron chi connectivity index (χ4n) is 11.8. The van der Waals surface area contributed by atoms with E-state index in [1.165, 1.54) is 132 Å². The zero-order valence-corrected chi connectivity index (χ0v) is 34.4. The second-order valence-corrected chi connectivity index (χ2v) is 17.5. The van der Waals surface area contributed by atoms with Crippen LogP contribution in [0.15, 0.2) is 231 Å². The highest BCUT2D eigenvalue weighted by atomic mass is 14.5. The lowest BCUT2D eigenvalue weighted by molar-refractivity contribution is 0.802. The monoisotopic (exact) mass is 794 g/mol. The molecule has 0 aromatic heterocycles. The summed E-state index contributed by atoms with van der Waals surface area (Å²) in [5.41, 5.74) is 17.9. The van der Waals surface area contributed by atoms with Gasteiger partial charge in [0.15, 0.2) is 0 Å². The Morgan fingerprint density at radius 2 is 0.698 bits per heavy atom. The van der Waals surface area contributed by atoms with Gasteiger partial charge in [-0.25, -0.2) is 0 Å². The number of hydrogen-bond acceptors (Lipinski definition) is 0. The van der Waals surface area contributed by atoms with E-state index in [4.69, 9.17) is 0 Å². The second kappa shape index (κ2) is 13.0.